The maximum Gasteiger partial charge on any atom is 0.319 e. The van der Waals surface area contributed by atoms with E-state index in [1.165, 1.54) is 0 Å². The van der Waals surface area contributed by atoms with Gasteiger partial charge in [-0.2, -0.15) is 0 Å². The monoisotopic (exact) mass is 431 g/mol. The van der Waals surface area contributed by atoms with Crippen molar-refractivity contribution in [2.24, 2.45) is 0 Å². The summed E-state index contributed by atoms with van der Waals surface area (Å²) < 4.78 is 6.28. The summed E-state index contributed by atoms with van der Waals surface area (Å²) in [6.45, 7) is 5.21. The van der Waals surface area contributed by atoms with E-state index < -0.39 is 5.54 Å². The molecular formula is C21H26ClN5O3. The van der Waals surface area contributed by atoms with Crippen molar-refractivity contribution in [1.82, 2.24) is 20.1 Å². The molecule has 1 aromatic carbocycles. The molecule has 1 spiro atoms. The molecule has 1 saturated carbocycles. The van der Waals surface area contributed by atoms with E-state index in [0.29, 0.717) is 28.7 Å². The minimum atomic E-state index is -0.455. The summed E-state index contributed by atoms with van der Waals surface area (Å²) >= 11 is 6.56. The first-order valence-electron chi connectivity index (χ1n) is 10.6. The molecule has 1 aliphatic carbocycles. The molecule has 3 aliphatic rings. The zero-order chi connectivity index (χ0) is 20.9. The van der Waals surface area contributed by atoms with E-state index in [2.05, 4.69) is 15.5 Å². The number of rotatable bonds is 2. The van der Waals surface area contributed by atoms with E-state index in [0.717, 1.165) is 69.4 Å². The standard InChI is InChI=1S/C21H26ClN5O3/c1-13(28)27-9-7-26(8-10-27)12-16-23-15-11-14(22)18-17(19(15)30-16)21(25-20(29)24-18)5-3-2-4-6-21/h11H,2-10,12H2,1H3,(H2,24,25,29). The Balaban J connectivity index is 1.49. The Hall–Kier alpha value is -2.32. The molecule has 5 rings (SSSR count). The number of hydrogen-bond acceptors (Lipinski definition) is 5. The van der Waals surface area contributed by atoms with Gasteiger partial charge in [-0.15, -0.1) is 0 Å². The molecule has 160 valence electrons. The van der Waals surface area contributed by atoms with Gasteiger partial charge in [0.2, 0.25) is 11.8 Å². The maximum atomic E-state index is 12.4. The molecule has 1 saturated heterocycles. The quantitative estimate of drug-likeness (QED) is 0.760. The second-order valence-corrected chi connectivity index (χ2v) is 8.98. The van der Waals surface area contributed by atoms with Crippen molar-refractivity contribution in [1.29, 1.82) is 0 Å². The van der Waals surface area contributed by atoms with Gasteiger partial charge in [0.15, 0.2) is 5.58 Å². The average Bonchev–Trinajstić information content (AvgIpc) is 3.10. The molecule has 30 heavy (non-hydrogen) atoms. The molecule has 2 fully saturated rings. The van der Waals surface area contributed by atoms with Crippen LogP contribution in [0.15, 0.2) is 10.5 Å². The molecule has 0 atom stereocenters. The molecule has 9 heteroatoms. The highest BCUT2D eigenvalue weighted by Crippen LogP contribution is 2.48. The molecule has 2 aromatic rings. The summed E-state index contributed by atoms with van der Waals surface area (Å²) in [5.41, 5.74) is 2.56. The number of carbonyl (C=O) groups excluding carboxylic acids is 2. The molecule has 2 N–H and O–H groups in total. The van der Waals surface area contributed by atoms with Crippen LogP contribution in [0.1, 0.15) is 50.5 Å². The van der Waals surface area contributed by atoms with E-state index >= 15 is 0 Å². The average molecular weight is 432 g/mol. The minimum absolute atomic E-state index is 0.116. The van der Waals surface area contributed by atoms with Gasteiger partial charge in [0, 0.05) is 38.7 Å². The first-order chi connectivity index (χ1) is 14.4. The SMILES string of the molecule is CC(=O)N1CCN(Cc2nc3cc(Cl)c4c(c3o2)C2(CCCCC2)NC(=O)N4)CC1. The van der Waals surface area contributed by atoms with Crippen LogP contribution in [0.3, 0.4) is 0 Å². The van der Waals surface area contributed by atoms with Gasteiger partial charge in [-0.05, 0) is 18.9 Å². The Morgan fingerprint density at radius 2 is 1.97 bits per heavy atom. The third kappa shape index (κ3) is 3.32. The molecule has 3 amide bonds. The third-order valence-electron chi connectivity index (χ3n) is 6.63. The van der Waals surface area contributed by atoms with Crippen LogP contribution in [0, 0.1) is 0 Å². The Bertz CT molecular complexity index is 1010. The number of fused-ring (bicyclic) bond motifs is 4. The van der Waals surface area contributed by atoms with Gasteiger partial charge >= 0.3 is 6.03 Å². The number of aromatic nitrogens is 1. The van der Waals surface area contributed by atoms with Crippen molar-refractivity contribution in [3.8, 4) is 0 Å². The Kier molecular flexibility index (Phi) is 4.86. The zero-order valence-corrected chi connectivity index (χ0v) is 17.8. The Morgan fingerprint density at radius 1 is 1.23 bits per heavy atom. The number of carbonyl (C=O) groups is 2. The number of amides is 3. The summed E-state index contributed by atoms with van der Waals surface area (Å²) in [5, 5.41) is 6.54. The number of nitrogens with zero attached hydrogens (tertiary/aromatic N) is 3. The maximum absolute atomic E-state index is 12.4. The molecule has 2 aliphatic heterocycles. The first kappa shape index (κ1) is 19.6. The topological polar surface area (TPSA) is 90.7 Å². The molecular weight excluding hydrogens is 406 g/mol. The van der Waals surface area contributed by atoms with E-state index in [1.54, 1.807) is 13.0 Å². The number of halogens is 1. The summed E-state index contributed by atoms with van der Waals surface area (Å²) in [7, 11) is 0. The smallest absolute Gasteiger partial charge is 0.319 e. The third-order valence-corrected chi connectivity index (χ3v) is 6.93. The number of benzene rings is 1. The summed E-state index contributed by atoms with van der Waals surface area (Å²) in [6.07, 6.45) is 5.00. The van der Waals surface area contributed by atoms with Gasteiger partial charge in [-0.1, -0.05) is 30.9 Å². The fourth-order valence-corrected chi connectivity index (χ4v) is 5.34. The number of hydrogen-bond donors (Lipinski definition) is 2. The van der Waals surface area contributed by atoms with Gasteiger partial charge in [0.05, 0.1) is 22.8 Å². The van der Waals surface area contributed by atoms with Crippen molar-refractivity contribution in [2.45, 2.75) is 51.1 Å². The highest BCUT2D eigenvalue weighted by Gasteiger charge is 2.44. The molecule has 0 unspecified atom stereocenters. The number of anilines is 1. The molecule has 8 nitrogen and oxygen atoms in total. The number of piperazine rings is 1. The fourth-order valence-electron chi connectivity index (χ4n) is 5.09. The predicted octanol–water partition coefficient (Wildman–Crippen LogP) is 3.44. The van der Waals surface area contributed by atoms with Gasteiger partial charge in [-0.25, -0.2) is 9.78 Å². The lowest BCUT2D eigenvalue weighted by Gasteiger charge is -2.42. The largest absolute Gasteiger partial charge is 0.439 e. The van der Waals surface area contributed by atoms with E-state index in [4.69, 9.17) is 21.0 Å². The van der Waals surface area contributed by atoms with Crippen LogP contribution in [0.4, 0.5) is 10.5 Å². The van der Waals surface area contributed by atoms with Crippen LogP contribution < -0.4 is 10.6 Å². The van der Waals surface area contributed by atoms with Crippen LogP contribution in [0.25, 0.3) is 11.1 Å². The lowest BCUT2D eigenvalue weighted by Crippen LogP contribution is -2.52. The van der Waals surface area contributed by atoms with Crippen LogP contribution >= 0.6 is 11.6 Å². The van der Waals surface area contributed by atoms with Gasteiger partial charge in [0.1, 0.15) is 5.52 Å². The molecule has 1 aromatic heterocycles. The normalized spacial score (nSPS) is 21.4. The number of nitrogens with one attached hydrogen (secondary N) is 2. The lowest BCUT2D eigenvalue weighted by atomic mass is 9.74. The van der Waals surface area contributed by atoms with Crippen molar-refractivity contribution in [3.05, 3.63) is 22.5 Å². The first-order valence-corrected chi connectivity index (χ1v) is 11.0. The number of urea groups is 1. The Labute approximate surface area is 179 Å². The molecule has 0 radical (unpaired) electrons. The number of oxazole rings is 1. The van der Waals surface area contributed by atoms with Crippen molar-refractivity contribution in [3.63, 3.8) is 0 Å². The lowest BCUT2D eigenvalue weighted by molar-refractivity contribution is -0.130. The van der Waals surface area contributed by atoms with Crippen LogP contribution in [0.2, 0.25) is 5.02 Å². The van der Waals surface area contributed by atoms with Gasteiger partial charge in [0.25, 0.3) is 0 Å². The molecule has 3 heterocycles. The van der Waals surface area contributed by atoms with Gasteiger partial charge in [-0.3, -0.25) is 9.69 Å². The van der Waals surface area contributed by atoms with Crippen molar-refractivity contribution < 1.29 is 14.0 Å². The molecule has 0 bridgehead atoms. The van der Waals surface area contributed by atoms with Crippen molar-refractivity contribution >= 4 is 40.3 Å². The Morgan fingerprint density at radius 3 is 2.67 bits per heavy atom. The van der Waals surface area contributed by atoms with Crippen LogP contribution in [-0.2, 0) is 16.9 Å². The van der Waals surface area contributed by atoms with Crippen LogP contribution in [0.5, 0.6) is 0 Å². The highest BCUT2D eigenvalue weighted by atomic mass is 35.5. The van der Waals surface area contributed by atoms with Crippen molar-refractivity contribution in [2.75, 3.05) is 31.5 Å². The fraction of sp³-hybridized carbons (Fsp3) is 0.571. The van der Waals surface area contributed by atoms with E-state index in [9.17, 15) is 9.59 Å². The zero-order valence-electron chi connectivity index (χ0n) is 17.1. The van der Waals surface area contributed by atoms with E-state index in [1.807, 2.05) is 4.90 Å². The summed E-state index contributed by atoms with van der Waals surface area (Å²) in [5.74, 6) is 0.749. The summed E-state index contributed by atoms with van der Waals surface area (Å²) in [6, 6.07) is 1.56. The van der Waals surface area contributed by atoms with E-state index in [-0.39, 0.29) is 11.9 Å². The second kappa shape index (κ2) is 7.42. The van der Waals surface area contributed by atoms with Gasteiger partial charge < -0.3 is 20.0 Å². The highest BCUT2D eigenvalue weighted by molar-refractivity contribution is 6.35. The minimum Gasteiger partial charge on any atom is -0.439 e. The second-order valence-electron chi connectivity index (χ2n) is 8.57. The van der Waals surface area contributed by atoms with Crippen LogP contribution in [-0.4, -0.2) is 52.9 Å². The summed E-state index contributed by atoms with van der Waals surface area (Å²) in [4.78, 5) is 32.7. The predicted molar refractivity (Wildman–Crippen MR) is 113 cm³/mol.